The summed E-state index contributed by atoms with van der Waals surface area (Å²) < 4.78 is 0. The minimum absolute atomic E-state index is 0.210. The molecule has 0 radical (unpaired) electrons. The van der Waals surface area contributed by atoms with Crippen LogP contribution in [-0.2, 0) is 4.79 Å². The molecule has 0 unspecified atom stereocenters. The minimum atomic E-state index is -0.569. The van der Waals surface area contributed by atoms with Gasteiger partial charge in [-0.05, 0) is 39.3 Å². The highest BCUT2D eigenvalue weighted by Gasteiger charge is 2.11. The molecule has 3 N–H and O–H groups in total. The topological polar surface area (TPSA) is 93.3 Å². The first-order valence-corrected chi connectivity index (χ1v) is 9.31. The molecule has 0 fully saturated rings. The Kier molecular flexibility index (Phi) is 11.3. The Bertz CT molecular complexity index is 769. The van der Waals surface area contributed by atoms with E-state index in [0.29, 0.717) is 17.2 Å². The van der Waals surface area contributed by atoms with E-state index in [1.165, 1.54) is 18.3 Å². The van der Waals surface area contributed by atoms with Crippen molar-refractivity contribution in [3.05, 3.63) is 41.3 Å². The molecular weight excluding hydrogens is 338 g/mol. The monoisotopic (exact) mass is 371 g/mol. The van der Waals surface area contributed by atoms with E-state index in [0.717, 1.165) is 11.3 Å². The van der Waals surface area contributed by atoms with Gasteiger partial charge in [0.1, 0.15) is 17.7 Å². The predicted octanol–water partition coefficient (Wildman–Crippen LogP) is 5.17. The van der Waals surface area contributed by atoms with E-state index >= 15 is 0 Å². The van der Waals surface area contributed by atoms with Crippen molar-refractivity contribution in [1.82, 2.24) is 9.97 Å². The highest BCUT2D eigenvalue weighted by atomic mass is 16.1. The standard InChI is InChI=1S/C16H19N5O.C3H8.C2H6/c1-9-5-6-13(10(2)7-9)21-16-14(11(3)18-8-19-16)20-12(4)15(17)22;1-3-2;1-2/h5-8H,1-4H3,(H2,17,22)(H,18,19,21);3H2,1-2H3;1-2H3. The number of nitrogens with one attached hydrogen (secondary N) is 1. The molecule has 0 aliphatic heterocycles. The van der Waals surface area contributed by atoms with Crippen LogP contribution in [0.15, 0.2) is 29.5 Å². The van der Waals surface area contributed by atoms with Crippen molar-refractivity contribution in [2.45, 2.75) is 61.8 Å². The first-order valence-electron chi connectivity index (χ1n) is 9.31. The molecule has 0 bridgehead atoms. The number of amides is 1. The Morgan fingerprint density at radius 3 is 2.26 bits per heavy atom. The van der Waals surface area contributed by atoms with Gasteiger partial charge >= 0.3 is 0 Å². The number of aromatic nitrogens is 2. The molecule has 0 spiro atoms. The SMILES string of the molecule is CC.CC(=Nc1c(C)ncnc1Nc1ccc(C)cc1C)C(N)=O.CCC. The molecule has 27 heavy (non-hydrogen) atoms. The first-order chi connectivity index (χ1) is 12.8. The quantitative estimate of drug-likeness (QED) is 0.725. The summed E-state index contributed by atoms with van der Waals surface area (Å²) >= 11 is 0. The number of primary amides is 1. The molecule has 1 heterocycles. The number of anilines is 2. The molecule has 0 saturated heterocycles. The Morgan fingerprint density at radius 2 is 1.74 bits per heavy atom. The molecule has 6 nitrogen and oxygen atoms in total. The number of hydrogen-bond acceptors (Lipinski definition) is 5. The van der Waals surface area contributed by atoms with Gasteiger partial charge in [-0.15, -0.1) is 0 Å². The Morgan fingerprint density at radius 1 is 1.15 bits per heavy atom. The van der Waals surface area contributed by atoms with Gasteiger partial charge in [0, 0.05) is 5.69 Å². The van der Waals surface area contributed by atoms with E-state index < -0.39 is 5.91 Å². The third-order valence-corrected chi connectivity index (χ3v) is 3.28. The first kappa shape index (κ1) is 24.2. The molecule has 1 amide bonds. The van der Waals surface area contributed by atoms with Crippen LogP contribution >= 0.6 is 0 Å². The van der Waals surface area contributed by atoms with Crippen molar-refractivity contribution in [2.75, 3.05) is 5.32 Å². The van der Waals surface area contributed by atoms with Gasteiger partial charge in [0.2, 0.25) is 0 Å². The number of aryl methyl sites for hydroxylation is 3. The average molecular weight is 372 g/mol. The summed E-state index contributed by atoms with van der Waals surface area (Å²) in [6.45, 7) is 15.7. The zero-order valence-electron chi connectivity index (χ0n) is 17.8. The molecule has 1 aromatic carbocycles. The van der Waals surface area contributed by atoms with Crippen LogP contribution in [0.2, 0.25) is 0 Å². The van der Waals surface area contributed by atoms with Gasteiger partial charge in [-0.1, -0.05) is 51.8 Å². The molecule has 0 aliphatic carbocycles. The average Bonchev–Trinajstić information content (AvgIpc) is 2.62. The molecule has 0 atom stereocenters. The maximum absolute atomic E-state index is 11.2. The minimum Gasteiger partial charge on any atom is -0.365 e. The lowest BCUT2D eigenvalue weighted by Gasteiger charge is -2.12. The van der Waals surface area contributed by atoms with Crippen molar-refractivity contribution >= 4 is 28.8 Å². The third-order valence-electron chi connectivity index (χ3n) is 3.28. The molecular formula is C21H33N5O. The summed E-state index contributed by atoms with van der Waals surface area (Å²) in [5, 5.41) is 3.24. The van der Waals surface area contributed by atoms with E-state index in [1.54, 1.807) is 6.92 Å². The summed E-state index contributed by atoms with van der Waals surface area (Å²) in [5.41, 5.74) is 9.85. The van der Waals surface area contributed by atoms with Crippen LogP contribution in [0.1, 0.15) is 57.9 Å². The van der Waals surface area contributed by atoms with Gasteiger partial charge in [0.05, 0.1) is 5.69 Å². The van der Waals surface area contributed by atoms with E-state index in [4.69, 9.17) is 5.73 Å². The highest BCUT2D eigenvalue weighted by Crippen LogP contribution is 2.29. The van der Waals surface area contributed by atoms with E-state index in [-0.39, 0.29) is 5.71 Å². The van der Waals surface area contributed by atoms with Crippen LogP contribution in [-0.4, -0.2) is 21.6 Å². The fraction of sp³-hybridized carbons (Fsp3) is 0.429. The van der Waals surface area contributed by atoms with Crippen LogP contribution in [0.3, 0.4) is 0 Å². The van der Waals surface area contributed by atoms with Gasteiger partial charge in [-0.3, -0.25) is 4.79 Å². The van der Waals surface area contributed by atoms with Crippen LogP contribution in [0.25, 0.3) is 0 Å². The molecule has 1 aromatic heterocycles. The fourth-order valence-electron chi connectivity index (χ4n) is 2.00. The third kappa shape index (κ3) is 7.98. The Hall–Kier alpha value is -2.76. The van der Waals surface area contributed by atoms with Gasteiger partial charge < -0.3 is 11.1 Å². The van der Waals surface area contributed by atoms with Gasteiger partial charge in [-0.2, -0.15) is 0 Å². The van der Waals surface area contributed by atoms with Crippen LogP contribution < -0.4 is 11.1 Å². The van der Waals surface area contributed by atoms with Gasteiger partial charge in [0.15, 0.2) is 5.82 Å². The van der Waals surface area contributed by atoms with Gasteiger partial charge in [-0.25, -0.2) is 15.0 Å². The van der Waals surface area contributed by atoms with Crippen LogP contribution in [0.5, 0.6) is 0 Å². The van der Waals surface area contributed by atoms with Crippen molar-refractivity contribution in [2.24, 2.45) is 10.7 Å². The maximum Gasteiger partial charge on any atom is 0.262 e. The summed E-state index contributed by atoms with van der Waals surface area (Å²) in [4.78, 5) is 23.8. The number of hydrogen-bond donors (Lipinski definition) is 2. The molecule has 0 aliphatic rings. The number of benzene rings is 1. The summed E-state index contributed by atoms with van der Waals surface area (Å²) in [7, 11) is 0. The number of nitrogens with zero attached hydrogens (tertiary/aromatic N) is 3. The van der Waals surface area contributed by atoms with Crippen molar-refractivity contribution in [3.8, 4) is 0 Å². The number of aliphatic imine (C=N–C) groups is 1. The lowest BCUT2D eigenvalue weighted by atomic mass is 10.1. The zero-order valence-corrected chi connectivity index (χ0v) is 17.8. The van der Waals surface area contributed by atoms with Crippen molar-refractivity contribution < 1.29 is 4.79 Å². The maximum atomic E-state index is 11.2. The molecule has 0 saturated carbocycles. The van der Waals surface area contributed by atoms with Crippen molar-refractivity contribution in [3.63, 3.8) is 0 Å². The van der Waals surface area contributed by atoms with Gasteiger partial charge in [0.25, 0.3) is 5.91 Å². The molecule has 6 heteroatoms. The predicted molar refractivity (Wildman–Crippen MR) is 115 cm³/mol. The van der Waals surface area contributed by atoms with Crippen LogP contribution in [0.4, 0.5) is 17.2 Å². The van der Waals surface area contributed by atoms with E-state index in [1.807, 2.05) is 46.8 Å². The second-order valence-corrected chi connectivity index (χ2v) is 5.87. The molecule has 2 aromatic rings. The Labute approximate surface area is 163 Å². The molecule has 148 valence electrons. The number of rotatable bonds is 4. The highest BCUT2D eigenvalue weighted by molar-refractivity contribution is 6.37. The summed E-state index contributed by atoms with van der Waals surface area (Å²) in [5.74, 6) is -0.0271. The summed E-state index contributed by atoms with van der Waals surface area (Å²) in [6.07, 6.45) is 2.71. The Balaban J connectivity index is 0.00000123. The van der Waals surface area contributed by atoms with E-state index in [2.05, 4.69) is 40.2 Å². The second-order valence-electron chi connectivity index (χ2n) is 5.87. The number of carbonyl (C=O) groups excluding carboxylic acids is 1. The van der Waals surface area contributed by atoms with Crippen molar-refractivity contribution in [1.29, 1.82) is 0 Å². The normalized spacial score (nSPS) is 10.1. The zero-order chi connectivity index (χ0) is 21.0. The van der Waals surface area contributed by atoms with Crippen LogP contribution in [0, 0.1) is 20.8 Å². The van der Waals surface area contributed by atoms with E-state index in [9.17, 15) is 4.79 Å². The number of carbonyl (C=O) groups is 1. The lowest BCUT2D eigenvalue weighted by molar-refractivity contribution is -0.112. The second kappa shape index (κ2) is 12.6. The smallest absolute Gasteiger partial charge is 0.262 e. The lowest BCUT2D eigenvalue weighted by Crippen LogP contribution is -2.20. The summed E-state index contributed by atoms with van der Waals surface area (Å²) in [6, 6.07) is 6.07. The molecule has 2 rings (SSSR count). The number of nitrogens with two attached hydrogens (primary N) is 1. The fourth-order valence-corrected chi connectivity index (χ4v) is 2.00. The largest absolute Gasteiger partial charge is 0.365 e.